The van der Waals surface area contributed by atoms with Gasteiger partial charge in [0.2, 0.25) is 5.91 Å². The van der Waals surface area contributed by atoms with Crippen LogP contribution in [-0.4, -0.2) is 68.5 Å². The van der Waals surface area contributed by atoms with E-state index in [1.807, 2.05) is 27.2 Å². The van der Waals surface area contributed by atoms with Crippen molar-refractivity contribution in [1.29, 1.82) is 0 Å². The SMILES string of the molecule is CCCCCCCCCCCCCC=CC(O)C(COP(=O)([O-])OCC[N+](C)(C)C)NC(=O)CCCCC. The van der Waals surface area contributed by atoms with Gasteiger partial charge in [-0.3, -0.25) is 9.36 Å². The Kier molecular flexibility index (Phi) is 22.5. The summed E-state index contributed by atoms with van der Waals surface area (Å²) in [6.07, 6.45) is 20.4. The second-order valence-electron chi connectivity index (χ2n) is 11.5. The number of phosphoric acid groups is 1. The normalized spacial score (nSPS) is 15.4. The van der Waals surface area contributed by atoms with Gasteiger partial charge in [-0.1, -0.05) is 103 Å². The van der Waals surface area contributed by atoms with E-state index in [2.05, 4.69) is 19.2 Å². The first-order valence-electron chi connectivity index (χ1n) is 15.1. The molecule has 3 atom stereocenters. The number of quaternary nitrogens is 1. The van der Waals surface area contributed by atoms with Gasteiger partial charge in [0.15, 0.2) is 0 Å². The van der Waals surface area contributed by atoms with Crippen LogP contribution in [-0.2, 0) is 18.4 Å². The number of nitrogens with one attached hydrogen (secondary N) is 1. The van der Waals surface area contributed by atoms with Crippen molar-refractivity contribution in [2.45, 2.75) is 129 Å². The van der Waals surface area contributed by atoms with E-state index in [-0.39, 0.29) is 19.1 Å². The van der Waals surface area contributed by atoms with Crippen LogP contribution in [0.3, 0.4) is 0 Å². The molecule has 0 aromatic carbocycles. The maximum atomic E-state index is 12.3. The highest BCUT2D eigenvalue weighted by Crippen LogP contribution is 2.38. The van der Waals surface area contributed by atoms with Gasteiger partial charge < -0.3 is 28.8 Å². The number of rotatable bonds is 26. The Labute approximate surface area is 233 Å². The molecule has 0 saturated heterocycles. The molecular weight excluding hydrogens is 503 g/mol. The van der Waals surface area contributed by atoms with Crippen LogP contribution in [0.25, 0.3) is 0 Å². The molecule has 9 heteroatoms. The van der Waals surface area contributed by atoms with E-state index in [4.69, 9.17) is 9.05 Å². The Bertz CT molecular complexity index is 653. The Morgan fingerprint density at radius 3 is 1.97 bits per heavy atom. The Morgan fingerprint density at radius 1 is 0.895 bits per heavy atom. The lowest BCUT2D eigenvalue weighted by atomic mass is 10.0. The maximum absolute atomic E-state index is 12.3. The minimum Gasteiger partial charge on any atom is -0.756 e. The molecule has 226 valence electrons. The van der Waals surface area contributed by atoms with Crippen molar-refractivity contribution in [3.63, 3.8) is 0 Å². The standard InChI is InChI=1S/C29H59N2O6P/c1-6-8-10-11-12-13-14-15-16-17-18-19-21-22-28(32)27(30-29(33)23-20-9-7-2)26-37-38(34,35)36-25-24-31(3,4)5/h21-22,27-28,32H,6-20,23-26H2,1-5H3,(H-,30,33,34,35). The van der Waals surface area contributed by atoms with Crippen molar-refractivity contribution in [1.82, 2.24) is 5.32 Å². The average Bonchev–Trinajstić information content (AvgIpc) is 2.83. The van der Waals surface area contributed by atoms with Crippen LogP contribution in [0.15, 0.2) is 12.2 Å². The van der Waals surface area contributed by atoms with Crippen LogP contribution in [0.2, 0.25) is 0 Å². The summed E-state index contributed by atoms with van der Waals surface area (Å²) in [6.45, 7) is 4.42. The van der Waals surface area contributed by atoms with E-state index in [1.54, 1.807) is 6.08 Å². The molecular formula is C29H59N2O6P. The van der Waals surface area contributed by atoms with Crippen LogP contribution in [0.4, 0.5) is 0 Å². The first-order chi connectivity index (χ1) is 18.0. The van der Waals surface area contributed by atoms with Gasteiger partial charge in [0.25, 0.3) is 7.82 Å². The second kappa shape index (κ2) is 23.0. The summed E-state index contributed by atoms with van der Waals surface area (Å²) < 4.78 is 22.7. The fraction of sp³-hybridized carbons (Fsp3) is 0.897. The zero-order valence-corrected chi connectivity index (χ0v) is 26.0. The zero-order valence-electron chi connectivity index (χ0n) is 25.1. The predicted octanol–water partition coefficient (Wildman–Crippen LogP) is 5.88. The molecule has 0 radical (unpaired) electrons. The number of likely N-dealkylation sites (N-methyl/N-ethyl adjacent to an activating group) is 1. The van der Waals surface area contributed by atoms with Crippen LogP contribution in [0.1, 0.15) is 117 Å². The number of hydrogen-bond donors (Lipinski definition) is 2. The predicted molar refractivity (Wildman–Crippen MR) is 155 cm³/mol. The number of carbonyl (C=O) groups excluding carboxylic acids is 1. The molecule has 0 aromatic rings. The number of unbranched alkanes of at least 4 members (excludes halogenated alkanes) is 13. The fourth-order valence-electron chi connectivity index (χ4n) is 3.97. The van der Waals surface area contributed by atoms with E-state index in [1.165, 1.54) is 57.8 Å². The number of allylic oxidation sites excluding steroid dienone is 1. The molecule has 0 heterocycles. The smallest absolute Gasteiger partial charge is 0.268 e. The van der Waals surface area contributed by atoms with E-state index >= 15 is 0 Å². The molecule has 0 aliphatic rings. The first kappa shape index (κ1) is 37.2. The number of hydrogen-bond acceptors (Lipinski definition) is 6. The van der Waals surface area contributed by atoms with Crippen LogP contribution in [0, 0.1) is 0 Å². The van der Waals surface area contributed by atoms with E-state index in [0.29, 0.717) is 17.4 Å². The highest BCUT2D eigenvalue weighted by atomic mass is 31.2. The monoisotopic (exact) mass is 562 g/mol. The molecule has 8 nitrogen and oxygen atoms in total. The molecule has 3 unspecified atom stereocenters. The van der Waals surface area contributed by atoms with Gasteiger partial charge in [0.05, 0.1) is 39.9 Å². The van der Waals surface area contributed by atoms with Crippen molar-refractivity contribution >= 4 is 13.7 Å². The molecule has 1 amide bonds. The largest absolute Gasteiger partial charge is 0.756 e. The summed E-state index contributed by atoms with van der Waals surface area (Å²) in [4.78, 5) is 24.5. The summed E-state index contributed by atoms with van der Waals surface area (Å²) in [6, 6.07) is -0.873. The lowest BCUT2D eigenvalue weighted by molar-refractivity contribution is -0.870. The van der Waals surface area contributed by atoms with E-state index in [9.17, 15) is 19.4 Å². The summed E-state index contributed by atoms with van der Waals surface area (Å²) in [5.74, 6) is -0.225. The molecule has 0 spiro atoms. The molecule has 0 fully saturated rings. The van der Waals surface area contributed by atoms with Crippen LogP contribution >= 0.6 is 7.82 Å². The minimum absolute atomic E-state index is 0.000262. The number of aliphatic hydroxyl groups excluding tert-OH is 1. The number of phosphoric ester groups is 1. The van der Waals surface area contributed by atoms with Gasteiger partial charge in [-0.15, -0.1) is 0 Å². The number of carbonyl (C=O) groups is 1. The highest BCUT2D eigenvalue weighted by Gasteiger charge is 2.23. The lowest BCUT2D eigenvalue weighted by Crippen LogP contribution is -2.45. The minimum atomic E-state index is -4.55. The summed E-state index contributed by atoms with van der Waals surface area (Å²) in [5, 5.41) is 13.4. The maximum Gasteiger partial charge on any atom is 0.268 e. The molecule has 0 rings (SSSR count). The molecule has 2 N–H and O–H groups in total. The summed E-state index contributed by atoms with van der Waals surface area (Å²) in [7, 11) is 1.25. The molecule has 0 aliphatic heterocycles. The third-order valence-electron chi connectivity index (χ3n) is 6.50. The number of amides is 1. The first-order valence-corrected chi connectivity index (χ1v) is 16.5. The van der Waals surface area contributed by atoms with Crippen molar-refractivity contribution in [3.05, 3.63) is 12.2 Å². The van der Waals surface area contributed by atoms with Gasteiger partial charge in [-0.2, -0.15) is 0 Å². The molecule has 0 aromatic heterocycles. The van der Waals surface area contributed by atoms with Gasteiger partial charge in [0, 0.05) is 6.42 Å². The fourth-order valence-corrected chi connectivity index (χ4v) is 4.69. The van der Waals surface area contributed by atoms with Crippen molar-refractivity contribution in [2.75, 3.05) is 40.9 Å². The highest BCUT2D eigenvalue weighted by molar-refractivity contribution is 7.45. The molecule has 0 saturated carbocycles. The quantitative estimate of drug-likeness (QED) is 0.0590. The van der Waals surface area contributed by atoms with Crippen molar-refractivity contribution in [3.8, 4) is 0 Å². The number of aliphatic hydroxyl groups is 1. The Morgan fingerprint density at radius 2 is 1.42 bits per heavy atom. The molecule has 0 bridgehead atoms. The molecule has 0 aliphatic carbocycles. The van der Waals surface area contributed by atoms with Gasteiger partial charge in [0.1, 0.15) is 13.2 Å². The van der Waals surface area contributed by atoms with Crippen LogP contribution < -0.4 is 10.2 Å². The third kappa shape index (κ3) is 24.3. The van der Waals surface area contributed by atoms with Crippen molar-refractivity contribution < 1.29 is 32.9 Å². The molecule has 38 heavy (non-hydrogen) atoms. The summed E-state index contributed by atoms with van der Waals surface area (Å²) >= 11 is 0. The Balaban J connectivity index is 4.49. The third-order valence-corrected chi connectivity index (χ3v) is 7.46. The van der Waals surface area contributed by atoms with E-state index in [0.717, 1.165) is 38.5 Å². The summed E-state index contributed by atoms with van der Waals surface area (Å²) in [5.41, 5.74) is 0. The lowest BCUT2D eigenvalue weighted by Gasteiger charge is -2.29. The second-order valence-corrected chi connectivity index (χ2v) is 12.9. The van der Waals surface area contributed by atoms with Gasteiger partial charge in [-0.25, -0.2) is 0 Å². The van der Waals surface area contributed by atoms with Crippen LogP contribution in [0.5, 0.6) is 0 Å². The van der Waals surface area contributed by atoms with E-state index < -0.39 is 20.0 Å². The zero-order chi connectivity index (χ0) is 28.7. The Hall–Kier alpha value is -0.760. The topological polar surface area (TPSA) is 108 Å². The average molecular weight is 563 g/mol. The van der Waals surface area contributed by atoms with Gasteiger partial charge in [-0.05, 0) is 19.3 Å². The number of nitrogens with zero attached hydrogens (tertiary/aromatic N) is 1. The van der Waals surface area contributed by atoms with Crippen molar-refractivity contribution in [2.24, 2.45) is 0 Å². The van der Waals surface area contributed by atoms with Gasteiger partial charge >= 0.3 is 0 Å².